The molecule has 0 fully saturated rings. The third kappa shape index (κ3) is 4.95. The van der Waals surface area contributed by atoms with E-state index in [1.807, 2.05) is 79.1 Å². The van der Waals surface area contributed by atoms with Gasteiger partial charge in [0.1, 0.15) is 12.2 Å². The molecule has 9 aromatic rings. The van der Waals surface area contributed by atoms with Crippen molar-refractivity contribution in [1.82, 2.24) is 57.8 Å². The van der Waals surface area contributed by atoms with E-state index >= 15 is 0 Å². The lowest BCUT2D eigenvalue weighted by Crippen LogP contribution is -2.20. The molecule has 14 nitrogen and oxygen atoms in total. The zero-order valence-electron chi connectivity index (χ0n) is 27.5. The Hall–Kier alpha value is -6.67. The average molecular weight is 695 g/mol. The molecule has 0 saturated carbocycles. The van der Waals surface area contributed by atoms with E-state index in [1.165, 1.54) is 6.20 Å². The minimum atomic E-state index is -0.295. The summed E-state index contributed by atoms with van der Waals surface area (Å²) in [5.74, 6) is 0. The summed E-state index contributed by atoms with van der Waals surface area (Å²) < 4.78 is 10.5. The van der Waals surface area contributed by atoms with Crippen molar-refractivity contribution in [3.63, 3.8) is 0 Å². The van der Waals surface area contributed by atoms with Crippen LogP contribution < -0.4 is 11.1 Å². The highest BCUT2D eigenvalue weighted by Gasteiger charge is 2.20. The van der Waals surface area contributed by atoms with E-state index < -0.39 is 0 Å². The monoisotopic (exact) mass is 694 g/mol. The summed E-state index contributed by atoms with van der Waals surface area (Å²) in [6.45, 7) is 2.24. The maximum absolute atomic E-state index is 14.0. The third-order valence-corrected chi connectivity index (χ3v) is 9.28. The van der Waals surface area contributed by atoms with E-state index in [0.29, 0.717) is 45.1 Å². The number of benzene rings is 2. The molecule has 51 heavy (non-hydrogen) atoms. The molecule has 0 aliphatic carbocycles. The number of hydrogen-bond donors (Lipinski definition) is 0. The minimum absolute atomic E-state index is 0.252. The lowest BCUT2D eigenvalue weighted by Gasteiger charge is -2.14. The fourth-order valence-corrected chi connectivity index (χ4v) is 6.85. The number of nitrogens with zero attached hydrogens (tertiary/aromatic N) is 12. The van der Waals surface area contributed by atoms with E-state index in [2.05, 4.69) is 25.1 Å². The molecule has 0 unspecified atom stereocenters. The zero-order valence-corrected chi connectivity index (χ0v) is 28.3. The van der Waals surface area contributed by atoms with E-state index in [9.17, 15) is 9.59 Å². The molecule has 2 aromatic carbocycles. The number of pyridine rings is 2. The predicted molar refractivity (Wildman–Crippen MR) is 193 cm³/mol. The second-order valence-electron chi connectivity index (χ2n) is 12.4. The summed E-state index contributed by atoms with van der Waals surface area (Å²) in [5, 5.41) is 9.29. The van der Waals surface area contributed by atoms with Crippen LogP contribution in [0.25, 0.3) is 66.7 Å². The summed E-state index contributed by atoms with van der Waals surface area (Å²) in [7, 11) is 3.68. The van der Waals surface area contributed by atoms with Crippen LogP contribution >= 0.6 is 11.6 Å². The third-order valence-electron chi connectivity index (χ3n) is 9.04. The molecule has 9 rings (SSSR count). The maximum atomic E-state index is 14.0. The SMILES string of the molecule is Cc1cc(Cl)ccc1-n1cc(-c2cnn(C)c2)c2c(ncn2Cn2cnc3cc(-n4cc(-c5cnn(C)c5)c5nccnc5c4=O)ccc32)c1=O. The Bertz CT molecular complexity index is 2960. The zero-order chi connectivity index (χ0) is 35.0. The predicted octanol–water partition coefficient (Wildman–Crippen LogP) is 4.90. The molecular weight excluding hydrogens is 668 g/mol. The first-order valence-corrected chi connectivity index (χ1v) is 16.3. The molecule has 0 saturated heterocycles. The lowest BCUT2D eigenvalue weighted by atomic mass is 10.1. The summed E-state index contributed by atoms with van der Waals surface area (Å²) in [4.78, 5) is 45.8. The molecule has 0 aliphatic rings. The van der Waals surface area contributed by atoms with Crippen LogP contribution in [0.15, 0.2) is 108 Å². The van der Waals surface area contributed by atoms with Crippen molar-refractivity contribution in [3.05, 3.63) is 130 Å². The van der Waals surface area contributed by atoms with Gasteiger partial charge in [-0.2, -0.15) is 10.2 Å². The van der Waals surface area contributed by atoms with Gasteiger partial charge < -0.3 is 9.13 Å². The Kier molecular flexibility index (Phi) is 6.83. The van der Waals surface area contributed by atoms with E-state index in [-0.39, 0.29) is 16.6 Å². The number of fused-ring (bicyclic) bond motifs is 3. The molecule has 0 spiro atoms. The van der Waals surface area contributed by atoms with Crippen LogP contribution in [0.1, 0.15) is 5.56 Å². The van der Waals surface area contributed by atoms with Crippen molar-refractivity contribution in [1.29, 1.82) is 0 Å². The van der Waals surface area contributed by atoms with Gasteiger partial charge in [0.25, 0.3) is 11.1 Å². The number of aryl methyl sites for hydroxylation is 3. The first-order valence-electron chi connectivity index (χ1n) is 15.9. The van der Waals surface area contributed by atoms with E-state index in [1.54, 1.807) is 62.0 Å². The second kappa shape index (κ2) is 11.5. The van der Waals surface area contributed by atoms with Crippen LogP contribution in [0.2, 0.25) is 5.02 Å². The molecule has 0 atom stereocenters. The van der Waals surface area contributed by atoms with Gasteiger partial charge in [-0.05, 0) is 48.9 Å². The molecule has 0 N–H and O–H groups in total. The van der Waals surface area contributed by atoms with E-state index in [4.69, 9.17) is 16.6 Å². The molecule has 7 aromatic heterocycles. The topological polar surface area (TPSA) is 141 Å². The quantitative estimate of drug-likeness (QED) is 0.239. The smallest absolute Gasteiger partial charge is 0.283 e. The van der Waals surface area contributed by atoms with Gasteiger partial charge in [0.2, 0.25) is 0 Å². The summed E-state index contributed by atoms with van der Waals surface area (Å²) in [5.41, 5.74) is 8.08. The van der Waals surface area contributed by atoms with Gasteiger partial charge in [-0.3, -0.25) is 33.1 Å². The molecule has 250 valence electrons. The van der Waals surface area contributed by atoms with E-state index in [0.717, 1.165) is 33.3 Å². The summed E-state index contributed by atoms with van der Waals surface area (Å²) in [6, 6.07) is 11.1. The van der Waals surface area contributed by atoms with Crippen molar-refractivity contribution >= 4 is 44.7 Å². The molecule has 0 aliphatic heterocycles. The van der Waals surface area contributed by atoms with Crippen molar-refractivity contribution in [2.45, 2.75) is 13.6 Å². The number of rotatable bonds is 6. The van der Waals surface area contributed by atoms with Crippen LogP contribution in [0.3, 0.4) is 0 Å². The van der Waals surface area contributed by atoms with Gasteiger partial charge in [0.05, 0.1) is 53.0 Å². The summed E-state index contributed by atoms with van der Waals surface area (Å²) in [6.07, 6.45) is 17.4. The van der Waals surface area contributed by atoms with Crippen LogP contribution in [0.4, 0.5) is 0 Å². The Morgan fingerprint density at radius 3 is 2.10 bits per heavy atom. The molecular formula is C36H27ClN12O2. The van der Waals surface area contributed by atoms with Crippen LogP contribution in [-0.2, 0) is 20.8 Å². The van der Waals surface area contributed by atoms with Crippen LogP contribution in [0, 0.1) is 6.92 Å². The maximum Gasteiger partial charge on any atom is 0.283 e. The highest BCUT2D eigenvalue weighted by molar-refractivity contribution is 6.30. The second-order valence-corrected chi connectivity index (χ2v) is 12.8. The average Bonchev–Trinajstić information content (AvgIpc) is 3.94. The van der Waals surface area contributed by atoms with Crippen molar-refractivity contribution in [2.24, 2.45) is 14.1 Å². The first-order chi connectivity index (χ1) is 24.7. The fourth-order valence-electron chi connectivity index (χ4n) is 6.63. The summed E-state index contributed by atoms with van der Waals surface area (Å²) >= 11 is 6.24. The Labute approximate surface area is 293 Å². The van der Waals surface area contributed by atoms with Gasteiger partial charge in [-0.1, -0.05) is 11.6 Å². The Morgan fingerprint density at radius 2 is 1.37 bits per heavy atom. The number of aromatic nitrogens is 12. The highest BCUT2D eigenvalue weighted by atomic mass is 35.5. The number of hydrogen-bond acceptors (Lipinski definition) is 8. The van der Waals surface area contributed by atoms with Gasteiger partial charge in [-0.25, -0.2) is 15.0 Å². The molecule has 0 bridgehead atoms. The highest BCUT2D eigenvalue weighted by Crippen LogP contribution is 2.30. The van der Waals surface area contributed by atoms with Crippen molar-refractivity contribution in [3.8, 4) is 33.6 Å². The van der Waals surface area contributed by atoms with Gasteiger partial charge in [-0.15, -0.1) is 0 Å². The fraction of sp³-hybridized carbons (Fsp3) is 0.111. The van der Waals surface area contributed by atoms with Crippen molar-refractivity contribution < 1.29 is 0 Å². The Balaban J connectivity index is 1.15. The molecule has 7 heterocycles. The number of imidazole rings is 2. The molecule has 0 amide bonds. The van der Waals surface area contributed by atoms with Gasteiger partial charge in [0, 0.05) is 78.6 Å². The first kappa shape index (κ1) is 30.4. The number of halogens is 1. The Morgan fingerprint density at radius 1 is 0.686 bits per heavy atom. The minimum Gasteiger partial charge on any atom is -0.312 e. The van der Waals surface area contributed by atoms with Crippen molar-refractivity contribution in [2.75, 3.05) is 0 Å². The largest absolute Gasteiger partial charge is 0.312 e. The lowest BCUT2D eigenvalue weighted by molar-refractivity contribution is 0.637. The normalized spacial score (nSPS) is 11.8. The van der Waals surface area contributed by atoms with Crippen LogP contribution in [0.5, 0.6) is 0 Å². The van der Waals surface area contributed by atoms with Crippen LogP contribution in [-0.4, -0.2) is 57.8 Å². The van der Waals surface area contributed by atoms with Gasteiger partial charge >= 0.3 is 0 Å². The van der Waals surface area contributed by atoms with Gasteiger partial charge in [0.15, 0.2) is 11.0 Å². The molecule has 15 heteroatoms. The molecule has 0 radical (unpaired) electrons. The standard InChI is InChI=1S/C36H27ClN12O2/c1-21-10-24(37)4-6-29(21)49-17-27(23-13-43-45(3)15-23)34-33(36(49)51)41-19-47(34)20-46-18-40-28-11-25(5-7-30(28)46)48-16-26(22-12-42-44(2)14-22)31-32(35(48)50)39-9-8-38-31/h4-19H,20H2,1-3H3.